The highest BCUT2D eigenvalue weighted by molar-refractivity contribution is 9.10. The van der Waals surface area contributed by atoms with Crippen LogP contribution in [0.4, 0.5) is 22.4 Å². The number of carbonyl (C=O) groups is 2. The van der Waals surface area contributed by atoms with Crippen molar-refractivity contribution in [1.29, 1.82) is 0 Å². The Balaban J connectivity index is 2.03. The second kappa shape index (κ2) is 8.99. The van der Waals surface area contributed by atoms with Gasteiger partial charge in [0.15, 0.2) is 11.8 Å². The molecule has 1 unspecified atom stereocenters. The zero-order valence-electron chi connectivity index (χ0n) is 16.1. The van der Waals surface area contributed by atoms with Crippen LogP contribution in [-0.2, 0) is 6.54 Å². The number of rotatable bonds is 5. The molecule has 0 bridgehead atoms. The SMILES string of the molecule is CCn1c(C(=O)NC(c2ccc(F)c(Br)c2)C(F)(F)F)cc2cc(OC(=O)O)c(Cl)cc21. The van der Waals surface area contributed by atoms with Crippen LogP contribution in [0.1, 0.15) is 29.0 Å². The molecule has 0 aliphatic heterocycles. The standard InChI is InChI=1S/C20H14BrClF4N2O4/c1-2-28-14-8-12(22)16(32-19(30)31)7-10(14)6-15(28)18(29)27-17(20(24,25)26)9-3-4-13(23)11(21)5-9/h3-8,17H,2H2,1H3,(H,27,29)(H,30,31). The quantitative estimate of drug-likeness (QED) is 0.227. The second-order valence-electron chi connectivity index (χ2n) is 6.60. The van der Waals surface area contributed by atoms with Gasteiger partial charge in [0.2, 0.25) is 0 Å². The monoisotopic (exact) mass is 536 g/mol. The summed E-state index contributed by atoms with van der Waals surface area (Å²) in [6, 6.07) is 4.26. The molecular weight excluding hydrogens is 524 g/mol. The first-order valence-corrected chi connectivity index (χ1v) is 10.2. The molecule has 1 amide bonds. The second-order valence-corrected chi connectivity index (χ2v) is 7.87. The van der Waals surface area contributed by atoms with Crippen molar-refractivity contribution in [2.24, 2.45) is 0 Å². The van der Waals surface area contributed by atoms with Crippen molar-refractivity contribution < 1.29 is 37.0 Å². The Morgan fingerprint density at radius 1 is 1.25 bits per heavy atom. The number of hydrogen-bond acceptors (Lipinski definition) is 3. The number of amides is 1. The van der Waals surface area contributed by atoms with Gasteiger partial charge < -0.3 is 19.7 Å². The molecule has 3 rings (SSSR count). The van der Waals surface area contributed by atoms with Gasteiger partial charge in [-0.05, 0) is 58.7 Å². The maximum absolute atomic E-state index is 13.7. The minimum absolute atomic E-state index is 0.0519. The Labute approximate surface area is 191 Å². The molecule has 3 aromatic rings. The molecule has 0 radical (unpaired) electrons. The van der Waals surface area contributed by atoms with E-state index in [1.165, 1.54) is 22.8 Å². The number of alkyl halides is 3. The van der Waals surface area contributed by atoms with Crippen molar-refractivity contribution in [3.8, 4) is 5.75 Å². The Kier molecular flexibility index (Phi) is 6.70. The van der Waals surface area contributed by atoms with Crippen molar-refractivity contribution in [2.75, 3.05) is 0 Å². The first kappa shape index (κ1) is 23.9. The lowest BCUT2D eigenvalue weighted by Gasteiger charge is -2.22. The normalized spacial score (nSPS) is 12.6. The van der Waals surface area contributed by atoms with E-state index >= 15 is 0 Å². The molecule has 0 aliphatic rings. The lowest BCUT2D eigenvalue weighted by molar-refractivity contribution is -0.155. The molecule has 170 valence electrons. The van der Waals surface area contributed by atoms with Gasteiger partial charge in [0.05, 0.1) is 15.0 Å². The predicted molar refractivity (Wildman–Crippen MR) is 112 cm³/mol. The molecule has 2 aromatic carbocycles. The molecule has 0 fully saturated rings. The average molecular weight is 538 g/mol. The van der Waals surface area contributed by atoms with Gasteiger partial charge >= 0.3 is 12.3 Å². The lowest BCUT2D eigenvalue weighted by atomic mass is 10.1. The zero-order valence-corrected chi connectivity index (χ0v) is 18.5. The van der Waals surface area contributed by atoms with Gasteiger partial charge in [0.25, 0.3) is 5.91 Å². The molecule has 0 aliphatic carbocycles. The molecule has 0 spiro atoms. The summed E-state index contributed by atoms with van der Waals surface area (Å²) in [5.74, 6) is -1.97. The van der Waals surface area contributed by atoms with E-state index < -0.39 is 30.1 Å². The van der Waals surface area contributed by atoms with Crippen LogP contribution < -0.4 is 10.1 Å². The topological polar surface area (TPSA) is 80.6 Å². The fourth-order valence-electron chi connectivity index (χ4n) is 3.22. The Bertz CT molecular complexity index is 1210. The number of fused-ring (bicyclic) bond motifs is 1. The fourth-order valence-corrected chi connectivity index (χ4v) is 3.81. The van der Waals surface area contributed by atoms with Crippen molar-refractivity contribution in [3.63, 3.8) is 0 Å². The summed E-state index contributed by atoms with van der Waals surface area (Å²) in [4.78, 5) is 23.7. The highest BCUT2D eigenvalue weighted by Crippen LogP contribution is 2.36. The van der Waals surface area contributed by atoms with Crippen molar-refractivity contribution in [1.82, 2.24) is 9.88 Å². The van der Waals surface area contributed by atoms with Gasteiger partial charge in [-0.2, -0.15) is 13.2 Å². The Hall–Kier alpha value is -2.79. The molecule has 1 heterocycles. The van der Waals surface area contributed by atoms with E-state index in [9.17, 15) is 27.2 Å². The van der Waals surface area contributed by atoms with E-state index in [1.54, 1.807) is 6.92 Å². The summed E-state index contributed by atoms with van der Waals surface area (Å²) in [6.45, 7) is 1.88. The van der Waals surface area contributed by atoms with Crippen LogP contribution in [0.15, 0.2) is 40.9 Å². The number of hydrogen-bond donors (Lipinski definition) is 2. The molecule has 0 saturated carbocycles. The number of carbonyl (C=O) groups excluding carboxylic acids is 1. The molecule has 6 nitrogen and oxygen atoms in total. The molecule has 1 atom stereocenters. The van der Waals surface area contributed by atoms with Crippen molar-refractivity contribution in [2.45, 2.75) is 25.7 Å². The third-order valence-electron chi connectivity index (χ3n) is 4.58. The van der Waals surface area contributed by atoms with Crippen LogP contribution in [0, 0.1) is 5.82 Å². The van der Waals surface area contributed by atoms with Gasteiger partial charge in [-0.1, -0.05) is 17.7 Å². The van der Waals surface area contributed by atoms with Gasteiger partial charge in [-0.15, -0.1) is 0 Å². The van der Waals surface area contributed by atoms with Crippen molar-refractivity contribution in [3.05, 3.63) is 63.0 Å². The summed E-state index contributed by atoms with van der Waals surface area (Å²) in [7, 11) is 0. The number of nitrogens with one attached hydrogen (secondary N) is 1. The third-order valence-corrected chi connectivity index (χ3v) is 5.48. The van der Waals surface area contributed by atoms with E-state index in [2.05, 4.69) is 20.7 Å². The maximum atomic E-state index is 13.7. The third kappa shape index (κ3) is 4.83. The smallest absolute Gasteiger partial charge is 0.449 e. The Morgan fingerprint density at radius 2 is 1.94 bits per heavy atom. The number of benzene rings is 2. The highest BCUT2D eigenvalue weighted by atomic mass is 79.9. The molecule has 0 saturated heterocycles. The maximum Gasteiger partial charge on any atom is 0.511 e. The molecule has 12 heteroatoms. The Morgan fingerprint density at radius 3 is 2.50 bits per heavy atom. The summed E-state index contributed by atoms with van der Waals surface area (Å²) in [6.07, 6.45) is -6.46. The lowest BCUT2D eigenvalue weighted by Crippen LogP contribution is -2.38. The van der Waals surface area contributed by atoms with E-state index in [-0.39, 0.29) is 33.0 Å². The number of aryl methyl sites for hydroxylation is 1. The van der Waals surface area contributed by atoms with E-state index in [1.807, 2.05) is 5.32 Å². The molecule has 2 N–H and O–H groups in total. The summed E-state index contributed by atoms with van der Waals surface area (Å²) < 4.78 is 60.4. The van der Waals surface area contributed by atoms with Gasteiger partial charge in [0, 0.05) is 11.9 Å². The molecular formula is C20H14BrClF4N2O4. The van der Waals surface area contributed by atoms with Crippen LogP contribution in [0.25, 0.3) is 10.9 Å². The zero-order chi connectivity index (χ0) is 23.8. The minimum Gasteiger partial charge on any atom is -0.449 e. The van der Waals surface area contributed by atoms with Crippen LogP contribution in [0.2, 0.25) is 5.02 Å². The minimum atomic E-state index is -4.86. The van der Waals surface area contributed by atoms with Gasteiger partial charge in [0.1, 0.15) is 11.5 Å². The summed E-state index contributed by atoms with van der Waals surface area (Å²) >= 11 is 8.87. The number of nitrogens with zero attached hydrogens (tertiary/aromatic N) is 1. The van der Waals surface area contributed by atoms with Crippen LogP contribution in [-0.4, -0.2) is 27.9 Å². The fraction of sp³-hybridized carbons (Fsp3) is 0.200. The molecule has 32 heavy (non-hydrogen) atoms. The van der Waals surface area contributed by atoms with Crippen LogP contribution >= 0.6 is 27.5 Å². The number of carboxylic acid groups (broad SMARTS) is 1. The molecule has 1 aromatic heterocycles. The summed E-state index contributed by atoms with van der Waals surface area (Å²) in [5.41, 5.74) is -0.0755. The number of ether oxygens (including phenoxy) is 1. The van der Waals surface area contributed by atoms with E-state index in [0.29, 0.717) is 10.9 Å². The number of aromatic nitrogens is 1. The highest BCUT2D eigenvalue weighted by Gasteiger charge is 2.42. The van der Waals surface area contributed by atoms with Gasteiger partial charge in [-0.25, -0.2) is 9.18 Å². The van der Waals surface area contributed by atoms with Crippen LogP contribution in [0.3, 0.4) is 0 Å². The summed E-state index contributed by atoms with van der Waals surface area (Å²) in [5, 5.41) is 11.0. The number of halogens is 6. The first-order chi connectivity index (χ1) is 14.9. The average Bonchev–Trinajstić information content (AvgIpc) is 3.04. The van der Waals surface area contributed by atoms with E-state index in [4.69, 9.17) is 16.7 Å². The first-order valence-electron chi connectivity index (χ1n) is 8.98. The predicted octanol–water partition coefficient (Wildman–Crippen LogP) is 6.31. The van der Waals surface area contributed by atoms with Crippen molar-refractivity contribution >= 4 is 50.5 Å². The van der Waals surface area contributed by atoms with E-state index in [0.717, 1.165) is 18.2 Å². The van der Waals surface area contributed by atoms with Crippen LogP contribution in [0.5, 0.6) is 5.75 Å². The largest absolute Gasteiger partial charge is 0.511 e. The van der Waals surface area contributed by atoms with Gasteiger partial charge in [-0.3, -0.25) is 4.79 Å².